The van der Waals surface area contributed by atoms with Crippen LogP contribution in [0.25, 0.3) is 11.0 Å². The second kappa shape index (κ2) is 8.52. The van der Waals surface area contributed by atoms with Crippen molar-refractivity contribution >= 4 is 16.9 Å². The Hall–Kier alpha value is -2.73. The van der Waals surface area contributed by atoms with Gasteiger partial charge in [-0.15, -0.1) is 0 Å². The molecule has 1 amide bonds. The van der Waals surface area contributed by atoms with Gasteiger partial charge in [0.25, 0.3) is 0 Å². The molecule has 1 aliphatic rings. The number of aromatic nitrogens is 3. The summed E-state index contributed by atoms with van der Waals surface area (Å²) in [4.78, 5) is 23.0. The molecule has 0 aromatic carbocycles. The van der Waals surface area contributed by atoms with Gasteiger partial charge in [0.15, 0.2) is 0 Å². The second-order valence-corrected chi connectivity index (χ2v) is 7.74. The molecule has 0 unspecified atom stereocenters. The van der Waals surface area contributed by atoms with Crippen molar-refractivity contribution < 1.29 is 4.79 Å². The van der Waals surface area contributed by atoms with Crippen LogP contribution in [0.1, 0.15) is 37.3 Å². The highest BCUT2D eigenvalue weighted by molar-refractivity contribution is 5.78. The van der Waals surface area contributed by atoms with E-state index in [1.54, 1.807) is 12.4 Å². The molecule has 0 aliphatic heterocycles. The molecule has 0 saturated heterocycles. The second-order valence-electron chi connectivity index (χ2n) is 7.74. The van der Waals surface area contributed by atoms with Crippen LogP contribution in [0.4, 0.5) is 0 Å². The van der Waals surface area contributed by atoms with Crippen molar-refractivity contribution in [3.63, 3.8) is 0 Å². The van der Waals surface area contributed by atoms with Crippen LogP contribution < -0.4 is 5.32 Å². The molecule has 1 aliphatic carbocycles. The topological polar surface area (TPSA) is 63.1 Å². The number of likely N-dealkylation sites (N-methyl/N-ethyl adjacent to an activating group) is 1. The van der Waals surface area contributed by atoms with E-state index >= 15 is 0 Å². The molecule has 1 N–H and O–H groups in total. The highest BCUT2D eigenvalue weighted by Gasteiger charge is 2.24. The molecule has 1 saturated carbocycles. The Kier molecular flexibility index (Phi) is 5.67. The highest BCUT2D eigenvalue weighted by atomic mass is 16.2. The van der Waals surface area contributed by atoms with Gasteiger partial charge in [0.05, 0.1) is 6.54 Å². The summed E-state index contributed by atoms with van der Waals surface area (Å²) in [7, 11) is 1.97. The van der Waals surface area contributed by atoms with Gasteiger partial charge in [-0.2, -0.15) is 0 Å². The average molecular weight is 377 g/mol. The lowest BCUT2D eigenvalue weighted by Gasteiger charge is -2.30. The largest absolute Gasteiger partial charge is 0.352 e. The standard InChI is InChI=1S/C22H27N5O/c1-26(15-17-8-12-23-13-9-17)16-21(28)25-19-4-6-20(7-5-19)27-14-10-18-3-2-11-24-22(18)27/h2-3,8-14,19-20H,4-7,15-16H2,1H3,(H,25,28). The molecule has 0 atom stereocenters. The summed E-state index contributed by atoms with van der Waals surface area (Å²) in [5.41, 5.74) is 2.23. The Bertz CT molecular complexity index is 915. The SMILES string of the molecule is CN(CC(=O)NC1CCC(n2ccc3cccnc32)CC1)Cc1ccncc1. The summed E-state index contributed by atoms with van der Waals surface area (Å²) in [5.74, 6) is 0.105. The van der Waals surface area contributed by atoms with E-state index < -0.39 is 0 Å². The first-order valence-electron chi connectivity index (χ1n) is 9.97. The quantitative estimate of drug-likeness (QED) is 0.717. The van der Waals surface area contributed by atoms with E-state index in [0.717, 1.165) is 37.9 Å². The maximum Gasteiger partial charge on any atom is 0.234 e. The Labute approximate surface area is 165 Å². The van der Waals surface area contributed by atoms with Crippen molar-refractivity contribution in [1.82, 2.24) is 24.8 Å². The fourth-order valence-corrected chi connectivity index (χ4v) is 4.15. The predicted molar refractivity (Wildman–Crippen MR) is 110 cm³/mol. The minimum atomic E-state index is 0.105. The molecule has 28 heavy (non-hydrogen) atoms. The Morgan fingerprint density at radius 3 is 2.71 bits per heavy atom. The predicted octanol–water partition coefficient (Wildman–Crippen LogP) is 3.16. The van der Waals surface area contributed by atoms with Gasteiger partial charge in [0.2, 0.25) is 5.91 Å². The highest BCUT2D eigenvalue weighted by Crippen LogP contribution is 2.31. The first-order chi connectivity index (χ1) is 13.7. The van der Waals surface area contributed by atoms with Crippen molar-refractivity contribution in [1.29, 1.82) is 0 Å². The molecular formula is C22H27N5O. The van der Waals surface area contributed by atoms with Crippen molar-refractivity contribution in [2.24, 2.45) is 0 Å². The number of nitrogens with one attached hydrogen (secondary N) is 1. The van der Waals surface area contributed by atoms with E-state index in [1.165, 1.54) is 10.9 Å². The molecule has 3 aromatic rings. The molecular weight excluding hydrogens is 350 g/mol. The minimum Gasteiger partial charge on any atom is -0.352 e. The molecule has 0 radical (unpaired) electrons. The lowest BCUT2D eigenvalue weighted by Crippen LogP contribution is -2.42. The van der Waals surface area contributed by atoms with Crippen LogP contribution in [-0.4, -0.2) is 45.0 Å². The van der Waals surface area contributed by atoms with Crippen molar-refractivity contribution in [2.45, 2.75) is 44.3 Å². The average Bonchev–Trinajstić information content (AvgIpc) is 3.13. The molecule has 0 spiro atoms. The fraction of sp³-hybridized carbons (Fsp3) is 0.409. The van der Waals surface area contributed by atoms with E-state index in [0.29, 0.717) is 12.6 Å². The van der Waals surface area contributed by atoms with Gasteiger partial charge in [-0.1, -0.05) is 0 Å². The zero-order valence-corrected chi connectivity index (χ0v) is 16.3. The van der Waals surface area contributed by atoms with Gasteiger partial charge < -0.3 is 9.88 Å². The fourth-order valence-electron chi connectivity index (χ4n) is 4.15. The van der Waals surface area contributed by atoms with Gasteiger partial charge in [-0.25, -0.2) is 4.98 Å². The number of carbonyl (C=O) groups is 1. The third-order valence-electron chi connectivity index (χ3n) is 5.55. The molecule has 3 aromatic heterocycles. The van der Waals surface area contributed by atoms with Crippen molar-refractivity contribution in [3.8, 4) is 0 Å². The number of pyridine rings is 2. The molecule has 6 heteroatoms. The van der Waals surface area contributed by atoms with Crippen LogP contribution in [-0.2, 0) is 11.3 Å². The summed E-state index contributed by atoms with van der Waals surface area (Å²) in [6.45, 7) is 1.16. The monoisotopic (exact) mass is 377 g/mol. The molecule has 146 valence electrons. The van der Waals surface area contributed by atoms with E-state index in [-0.39, 0.29) is 11.9 Å². The molecule has 0 bridgehead atoms. The number of nitrogens with zero attached hydrogens (tertiary/aromatic N) is 4. The van der Waals surface area contributed by atoms with Gasteiger partial charge in [0, 0.05) is 48.8 Å². The number of rotatable bonds is 6. The maximum atomic E-state index is 12.4. The smallest absolute Gasteiger partial charge is 0.234 e. The summed E-state index contributed by atoms with van der Waals surface area (Å²) in [5, 5.41) is 4.41. The van der Waals surface area contributed by atoms with E-state index in [9.17, 15) is 4.79 Å². The van der Waals surface area contributed by atoms with Crippen LogP contribution in [0.2, 0.25) is 0 Å². The third-order valence-corrected chi connectivity index (χ3v) is 5.55. The normalized spacial score (nSPS) is 19.8. The van der Waals surface area contributed by atoms with Crippen molar-refractivity contribution in [2.75, 3.05) is 13.6 Å². The number of amides is 1. The van der Waals surface area contributed by atoms with Crippen LogP contribution >= 0.6 is 0 Å². The number of fused-ring (bicyclic) bond motifs is 1. The van der Waals surface area contributed by atoms with Gasteiger partial charge in [-0.3, -0.25) is 14.7 Å². The first kappa shape index (κ1) is 18.6. The maximum absolute atomic E-state index is 12.4. The summed E-state index contributed by atoms with van der Waals surface area (Å²) >= 11 is 0. The zero-order chi connectivity index (χ0) is 19.3. The van der Waals surface area contributed by atoms with Crippen LogP contribution in [0.3, 0.4) is 0 Å². The first-order valence-corrected chi connectivity index (χ1v) is 9.97. The Morgan fingerprint density at radius 1 is 1.14 bits per heavy atom. The molecule has 1 fully saturated rings. The lowest BCUT2D eigenvalue weighted by molar-refractivity contribution is -0.123. The number of hydrogen-bond donors (Lipinski definition) is 1. The summed E-state index contributed by atoms with van der Waals surface area (Å²) in [6, 6.07) is 10.9. The van der Waals surface area contributed by atoms with E-state index in [4.69, 9.17) is 0 Å². The van der Waals surface area contributed by atoms with Gasteiger partial charge in [-0.05, 0) is 68.6 Å². The third kappa shape index (κ3) is 4.39. The summed E-state index contributed by atoms with van der Waals surface area (Å²) < 4.78 is 2.30. The van der Waals surface area contributed by atoms with Crippen molar-refractivity contribution in [3.05, 3.63) is 60.7 Å². The van der Waals surface area contributed by atoms with Crippen LogP contribution in [0, 0.1) is 0 Å². The van der Waals surface area contributed by atoms with E-state index in [2.05, 4.69) is 38.2 Å². The van der Waals surface area contributed by atoms with Crippen LogP contribution in [0.5, 0.6) is 0 Å². The Balaban J connectivity index is 1.25. The summed E-state index contributed by atoms with van der Waals surface area (Å²) in [6.07, 6.45) is 11.7. The lowest BCUT2D eigenvalue weighted by atomic mass is 9.91. The van der Waals surface area contributed by atoms with Gasteiger partial charge in [0.1, 0.15) is 5.65 Å². The number of hydrogen-bond acceptors (Lipinski definition) is 4. The molecule has 4 rings (SSSR count). The van der Waals surface area contributed by atoms with Gasteiger partial charge >= 0.3 is 0 Å². The zero-order valence-electron chi connectivity index (χ0n) is 16.3. The molecule has 6 nitrogen and oxygen atoms in total. The number of carbonyl (C=O) groups excluding carboxylic acids is 1. The Morgan fingerprint density at radius 2 is 1.93 bits per heavy atom. The van der Waals surface area contributed by atoms with E-state index in [1.807, 2.05) is 36.3 Å². The minimum absolute atomic E-state index is 0.105. The van der Waals surface area contributed by atoms with Crippen LogP contribution in [0.15, 0.2) is 55.1 Å². The molecule has 3 heterocycles.